The zero-order valence-corrected chi connectivity index (χ0v) is 17.1. The minimum atomic E-state index is -4.46. The quantitative estimate of drug-likeness (QED) is 0.494. The lowest BCUT2D eigenvalue weighted by atomic mass is 9.84. The normalized spacial score (nSPS) is 16.3. The number of alkyl halides is 3. The van der Waals surface area contributed by atoms with E-state index in [4.69, 9.17) is 0 Å². The first-order valence-electron chi connectivity index (χ1n) is 9.40. The van der Waals surface area contributed by atoms with Crippen molar-refractivity contribution in [2.75, 3.05) is 6.54 Å². The van der Waals surface area contributed by atoms with E-state index in [9.17, 15) is 18.0 Å². The van der Waals surface area contributed by atoms with Crippen LogP contribution in [0.3, 0.4) is 0 Å². The van der Waals surface area contributed by atoms with Crippen LogP contribution >= 0.6 is 11.3 Å². The van der Waals surface area contributed by atoms with Gasteiger partial charge in [0, 0.05) is 40.2 Å². The standard InChI is InChI=1S/C23H19F3N2OS/c1-3-22(29)28-12-20(19-8-14(2)30-21(19)13-28)18-7-5-4-6-17(18)15-9-16(11-27-10-15)23(24,25)26/h3-11,20H,1,12-13H2,2H3/t20-/m1/s1. The molecule has 0 bridgehead atoms. The monoisotopic (exact) mass is 428 g/mol. The van der Waals surface area contributed by atoms with Crippen molar-refractivity contribution in [1.82, 2.24) is 9.88 Å². The Balaban J connectivity index is 1.84. The number of pyridine rings is 1. The second-order valence-electron chi connectivity index (χ2n) is 7.26. The van der Waals surface area contributed by atoms with Crippen molar-refractivity contribution in [1.29, 1.82) is 0 Å². The smallest absolute Gasteiger partial charge is 0.333 e. The van der Waals surface area contributed by atoms with Crippen LogP contribution in [-0.2, 0) is 17.5 Å². The number of thiophene rings is 1. The SMILES string of the molecule is C=CC(=O)N1Cc2sc(C)cc2[C@@H](c2ccccc2-c2cncc(C(F)(F)F)c2)C1. The zero-order valence-electron chi connectivity index (χ0n) is 16.2. The predicted molar refractivity (Wildman–Crippen MR) is 111 cm³/mol. The molecule has 30 heavy (non-hydrogen) atoms. The summed E-state index contributed by atoms with van der Waals surface area (Å²) in [5, 5.41) is 0. The molecule has 1 amide bonds. The third-order valence-corrected chi connectivity index (χ3v) is 6.33. The molecular weight excluding hydrogens is 409 g/mol. The molecule has 154 valence electrons. The van der Waals surface area contributed by atoms with Crippen LogP contribution in [-0.4, -0.2) is 22.3 Å². The Labute approximate surface area is 176 Å². The van der Waals surface area contributed by atoms with Crippen LogP contribution in [0.15, 0.2) is 61.4 Å². The third kappa shape index (κ3) is 3.77. The molecular formula is C23H19F3N2OS. The summed E-state index contributed by atoms with van der Waals surface area (Å²) < 4.78 is 39.7. The van der Waals surface area contributed by atoms with Gasteiger partial charge in [-0.15, -0.1) is 11.3 Å². The summed E-state index contributed by atoms with van der Waals surface area (Å²) in [5.41, 5.74) is 2.30. The van der Waals surface area contributed by atoms with Crippen LogP contribution in [0.5, 0.6) is 0 Å². The van der Waals surface area contributed by atoms with Gasteiger partial charge in [-0.1, -0.05) is 30.8 Å². The van der Waals surface area contributed by atoms with Gasteiger partial charge in [-0.3, -0.25) is 9.78 Å². The van der Waals surface area contributed by atoms with Gasteiger partial charge in [0.25, 0.3) is 0 Å². The average Bonchev–Trinajstić information content (AvgIpc) is 3.12. The highest BCUT2D eigenvalue weighted by atomic mass is 32.1. The van der Waals surface area contributed by atoms with Gasteiger partial charge in [0.15, 0.2) is 0 Å². The molecule has 0 N–H and O–H groups in total. The number of halogens is 3. The van der Waals surface area contributed by atoms with Gasteiger partial charge in [0.2, 0.25) is 5.91 Å². The number of hydrogen-bond acceptors (Lipinski definition) is 3. The minimum absolute atomic E-state index is 0.145. The first kappa shape index (κ1) is 20.3. The highest BCUT2D eigenvalue weighted by Gasteiger charge is 2.33. The molecule has 0 aliphatic carbocycles. The molecule has 4 rings (SSSR count). The highest BCUT2D eigenvalue weighted by Crippen LogP contribution is 2.42. The van der Waals surface area contributed by atoms with Crippen LogP contribution in [0.2, 0.25) is 0 Å². The molecule has 7 heteroatoms. The van der Waals surface area contributed by atoms with Gasteiger partial charge in [-0.25, -0.2) is 0 Å². The van der Waals surface area contributed by atoms with E-state index in [1.807, 2.05) is 19.1 Å². The average molecular weight is 428 g/mol. The molecule has 2 aromatic heterocycles. The molecule has 1 aromatic carbocycles. The van der Waals surface area contributed by atoms with Gasteiger partial charge in [0.05, 0.1) is 12.1 Å². The number of amides is 1. The molecule has 0 fully saturated rings. The van der Waals surface area contributed by atoms with Crippen molar-refractivity contribution in [3.05, 3.63) is 87.9 Å². The minimum Gasteiger partial charge on any atom is -0.333 e. The number of hydrogen-bond donors (Lipinski definition) is 0. The maximum Gasteiger partial charge on any atom is 0.417 e. The van der Waals surface area contributed by atoms with Gasteiger partial charge >= 0.3 is 6.18 Å². The van der Waals surface area contributed by atoms with E-state index in [0.29, 0.717) is 24.2 Å². The maximum atomic E-state index is 13.2. The number of benzene rings is 1. The lowest BCUT2D eigenvalue weighted by Crippen LogP contribution is -2.37. The fourth-order valence-electron chi connectivity index (χ4n) is 3.93. The van der Waals surface area contributed by atoms with Crippen molar-refractivity contribution < 1.29 is 18.0 Å². The molecule has 3 heterocycles. The number of carbonyl (C=O) groups is 1. The number of fused-ring (bicyclic) bond motifs is 1. The Morgan fingerprint density at radius 2 is 2.00 bits per heavy atom. The number of aryl methyl sites for hydroxylation is 1. The summed E-state index contributed by atoms with van der Waals surface area (Å²) in [5.74, 6) is -0.303. The maximum absolute atomic E-state index is 13.2. The van der Waals surface area contributed by atoms with Gasteiger partial charge in [0.1, 0.15) is 0 Å². The molecule has 0 saturated heterocycles. The lowest BCUT2D eigenvalue weighted by Gasteiger charge is -2.33. The van der Waals surface area contributed by atoms with E-state index < -0.39 is 11.7 Å². The summed E-state index contributed by atoms with van der Waals surface area (Å²) in [4.78, 5) is 20.1. The summed E-state index contributed by atoms with van der Waals surface area (Å²) >= 11 is 1.64. The van der Waals surface area contributed by atoms with E-state index in [2.05, 4.69) is 17.6 Å². The second kappa shape index (κ2) is 7.72. The van der Waals surface area contributed by atoms with Crippen LogP contribution in [0.1, 0.15) is 32.4 Å². The van der Waals surface area contributed by atoms with Crippen molar-refractivity contribution in [3.63, 3.8) is 0 Å². The molecule has 0 unspecified atom stereocenters. The number of rotatable bonds is 3. The van der Waals surface area contributed by atoms with E-state index in [1.54, 1.807) is 28.4 Å². The van der Waals surface area contributed by atoms with Gasteiger partial charge in [-0.2, -0.15) is 13.2 Å². The molecule has 0 spiro atoms. The third-order valence-electron chi connectivity index (χ3n) is 5.28. The van der Waals surface area contributed by atoms with E-state index in [1.165, 1.54) is 12.3 Å². The van der Waals surface area contributed by atoms with E-state index >= 15 is 0 Å². The summed E-state index contributed by atoms with van der Waals surface area (Å²) in [6.45, 7) is 6.56. The summed E-state index contributed by atoms with van der Waals surface area (Å²) in [6.07, 6.45) is -0.889. The van der Waals surface area contributed by atoms with Crippen molar-refractivity contribution >= 4 is 17.2 Å². The number of aromatic nitrogens is 1. The Bertz CT molecular complexity index is 1120. The van der Waals surface area contributed by atoms with Gasteiger partial charge < -0.3 is 4.90 Å². The van der Waals surface area contributed by atoms with Gasteiger partial charge in [-0.05, 0) is 41.8 Å². The van der Waals surface area contributed by atoms with Crippen LogP contribution in [0.4, 0.5) is 13.2 Å². The fourth-order valence-corrected chi connectivity index (χ4v) is 5.04. The van der Waals surface area contributed by atoms with Crippen LogP contribution < -0.4 is 0 Å². The first-order chi connectivity index (χ1) is 14.3. The zero-order chi connectivity index (χ0) is 21.5. The number of nitrogens with zero attached hydrogens (tertiary/aromatic N) is 2. The lowest BCUT2D eigenvalue weighted by molar-refractivity contribution is -0.137. The highest BCUT2D eigenvalue weighted by molar-refractivity contribution is 7.12. The van der Waals surface area contributed by atoms with Crippen molar-refractivity contribution in [2.24, 2.45) is 0 Å². The topological polar surface area (TPSA) is 33.2 Å². The van der Waals surface area contributed by atoms with E-state index in [-0.39, 0.29) is 11.8 Å². The van der Waals surface area contributed by atoms with Crippen molar-refractivity contribution in [2.45, 2.75) is 25.6 Å². The molecule has 1 aliphatic heterocycles. The number of carbonyl (C=O) groups excluding carboxylic acids is 1. The molecule has 1 aliphatic rings. The van der Waals surface area contributed by atoms with Crippen molar-refractivity contribution in [3.8, 4) is 11.1 Å². The Hall–Kier alpha value is -2.93. The molecule has 1 atom stereocenters. The van der Waals surface area contributed by atoms with E-state index in [0.717, 1.165) is 33.1 Å². The molecule has 0 radical (unpaired) electrons. The predicted octanol–water partition coefficient (Wildman–Crippen LogP) is 5.80. The van der Waals surface area contributed by atoms with Crippen LogP contribution in [0.25, 0.3) is 11.1 Å². The largest absolute Gasteiger partial charge is 0.417 e. The first-order valence-corrected chi connectivity index (χ1v) is 10.2. The van der Waals surface area contributed by atoms with Crippen LogP contribution in [0, 0.1) is 6.92 Å². The molecule has 3 aromatic rings. The molecule has 0 saturated carbocycles. The summed E-state index contributed by atoms with van der Waals surface area (Å²) in [6, 6.07) is 10.6. The Morgan fingerprint density at radius 1 is 1.23 bits per heavy atom. The fraction of sp³-hybridized carbons (Fsp3) is 0.217. The Kier molecular flexibility index (Phi) is 5.24. The summed E-state index contributed by atoms with van der Waals surface area (Å²) in [7, 11) is 0. The Morgan fingerprint density at radius 3 is 2.73 bits per heavy atom. The molecule has 3 nitrogen and oxygen atoms in total. The second-order valence-corrected chi connectivity index (χ2v) is 8.60.